The van der Waals surface area contributed by atoms with Gasteiger partial charge >= 0.3 is 0 Å². The van der Waals surface area contributed by atoms with Gasteiger partial charge in [0, 0.05) is 6.54 Å². The molecule has 32 heavy (non-hydrogen) atoms. The van der Waals surface area contributed by atoms with E-state index in [4.69, 9.17) is 11.5 Å². The van der Waals surface area contributed by atoms with Crippen molar-refractivity contribution in [1.82, 2.24) is 10.6 Å². The Kier molecular flexibility index (Phi) is 11.8. The van der Waals surface area contributed by atoms with Gasteiger partial charge in [0.2, 0.25) is 11.8 Å². The summed E-state index contributed by atoms with van der Waals surface area (Å²) in [6.07, 6.45) is 1.38. The van der Waals surface area contributed by atoms with Gasteiger partial charge in [0.25, 0.3) is 0 Å². The summed E-state index contributed by atoms with van der Waals surface area (Å²) >= 11 is 0. The first kappa shape index (κ1) is 26.9. The third kappa shape index (κ3) is 9.78. The molecule has 178 valence electrons. The zero-order valence-corrected chi connectivity index (χ0v) is 18.7. The Morgan fingerprint density at radius 3 is 2.34 bits per heavy atom. The Hall–Kier alpha value is -3.14. The molecule has 0 radical (unpaired) electrons. The number of amides is 2. The number of aliphatic hydroxyl groups is 1. The number of phenols is 1. The number of nitrogens with zero attached hydrogens (tertiary/aromatic N) is 1. The molecule has 0 aromatic heterocycles. The minimum Gasteiger partial charge on any atom is -0.508 e. The van der Waals surface area contributed by atoms with Crippen molar-refractivity contribution in [1.29, 1.82) is 0 Å². The number of aromatic hydroxyl groups is 1. The van der Waals surface area contributed by atoms with E-state index in [0.29, 0.717) is 38.5 Å². The van der Waals surface area contributed by atoms with Crippen molar-refractivity contribution in [3.8, 4) is 5.75 Å². The van der Waals surface area contributed by atoms with Crippen LogP contribution in [0.1, 0.15) is 45.1 Å². The number of rotatable bonds is 14. The van der Waals surface area contributed by atoms with Gasteiger partial charge in [0.15, 0.2) is 5.96 Å². The average Bonchev–Trinajstić information content (AvgIpc) is 2.77. The lowest BCUT2D eigenvalue weighted by Gasteiger charge is -2.26. The van der Waals surface area contributed by atoms with Gasteiger partial charge in [-0.2, -0.15) is 0 Å². The minimum absolute atomic E-state index is 0.0415. The summed E-state index contributed by atoms with van der Waals surface area (Å²) in [6.45, 7) is 4.02. The molecule has 8 N–H and O–H groups in total. The van der Waals surface area contributed by atoms with E-state index in [-0.39, 0.29) is 24.0 Å². The summed E-state index contributed by atoms with van der Waals surface area (Å²) in [5.41, 5.74) is 11.4. The van der Waals surface area contributed by atoms with Gasteiger partial charge in [-0.1, -0.05) is 32.4 Å². The number of aliphatic imine (C=N–C) groups is 1. The Morgan fingerprint density at radius 2 is 1.78 bits per heavy atom. The molecule has 0 aliphatic heterocycles. The van der Waals surface area contributed by atoms with Crippen molar-refractivity contribution in [2.45, 2.75) is 64.1 Å². The van der Waals surface area contributed by atoms with Crippen LogP contribution in [0.4, 0.5) is 0 Å². The first-order chi connectivity index (χ1) is 15.2. The van der Waals surface area contributed by atoms with Crippen molar-refractivity contribution >= 4 is 24.1 Å². The molecule has 2 unspecified atom stereocenters. The maximum Gasteiger partial charge on any atom is 0.249 e. The number of aldehydes is 1. The van der Waals surface area contributed by atoms with E-state index in [1.54, 1.807) is 12.1 Å². The lowest BCUT2D eigenvalue weighted by Crippen LogP contribution is -2.54. The predicted molar refractivity (Wildman–Crippen MR) is 122 cm³/mol. The fourth-order valence-electron chi connectivity index (χ4n) is 3.01. The number of guanidine groups is 1. The molecular formula is C22H35N5O5. The highest BCUT2D eigenvalue weighted by molar-refractivity contribution is 5.90. The van der Waals surface area contributed by atoms with E-state index < -0.39 is 30.0 Å². The van der Waals surface area contributed by atoms with Crippen molar-refractivity contribution in [2.24, 2.45) is 22.4 Å². The van der Waals surface area contributed by atoms with Crippen molar-refractivity contribution in [2.75, 3.05) is 6.54 Å². The standard InChI is InChI=1S/C22H35N5O5/c1-3-14(2)19(21(32)26-16(13-28)5-4-12-25-22(23)24)27-20(31)18(30)11-8-15-6-9-17(29)10-7-15/h6-7,9-10,13-14,16,18-19,29-30H,3-5,8,11-12H2,1-2H3,(H,26,32)(H,27,31)(H4,23,24,25)/t14-,16?,18?,19-/m0/s1. The van der Waals surface area contributed by atoms with E-state index in [1.807, 2.05) is 13.8 Å². The highest BCUT2D eigenvalue weighted by atomic mass is 16.3. The van der Waals surface area contributed by atoms with Crippen LogP contribution in [0.25, 0.3) is 0 Å². The van der Waals surface area contributed by atoms with Gasteiger partial charge in [-0.25, -0.2) is 0 Å². The second-order valence-electron chi connectivity index (χ2n) is 7.79. The quantitative estimate of drug-likeness (QED) is 0.0996. The lowest BCUT2D eigenvalue weighted by molar-refractivity contribution is -0.135. The molecule has 1 rings (SSSR count). The summed E-state index contributed by atoms with van der Waals surface area (Å²) in [6, 6.07) is 4.86. The number of phenolic OH excluding ortho intramolecular Hbond substituents is 1. The first-order valence-electron chi connectivity index (χ1n) is 10.7. The zero-order chi connectivity index (χ0) is 24.1. The van der Waals surface area contributed by atoms with E-state index >= 15 is 0 Å². The smallest absolute Gasteiger partial charge is 0.249 e. The molecule has 10 nitrogen and oxygen atoms in total. The number of carbonyl (C=O) groups excluding carboxylic acids is 3. The van der Waals surface area contributed by atoms with Crippen molar-refractivity contribution < 1.29 is 24.6 Å². The molecular weight excluding hydrogens is 414 g/mol. The number of aryl methyl sites for hydroxylation is 1. The molecule has 0 saturated heterocycles. The normalized spacial score (nSPS) is 14.5. The molecule has 0 saturated carbocycles. The predicted octanol–water partition coefficient (Wildman–Crippen LogP) is -0.0461. The van der Waals surface area contributed by atoms with Gasteiger partial charge in [-0.3, -0.25) is 14.6 Å². The number of benzene rings is 1. The number of aliphatic hydroxyl groups excluding tert-OH is 1. The topological polar surface area (TPSA) is 180 Å². The number of nitrogens with one attached hydrogen (secondary N) is 2. The van der Waals surface area contributed by atoms with Crippen LogP contribution in [0.2, 0.25) is 0 Å². The summed E-state index contributed by atoms with van der Waals surface area (Å²) in [4.78, 5) is 40.5. The third-order valence-corrected chi connectivity index (χ3v) is 5.20. The van der Waals surface area contributed by atoms with Crippen LogP contribution in [0, 0.1) is 5.92 Å². The van der Waals surface area contributed by atoms with Gasteiger partial charge in [0.1, 0.15) is 24.2 Å². The number of hydrogen-bond acceptors (Lipinski definition) is 6. The summed E-state index contributed by atoms with van der Waals surface area (Å²) in [5.74, 6) is -1.26. The van der Waals surface area contributed by atoms with Crippen LogP contribution in [-0.4, -0.2) is 59.0 Å². The van der Waals surface area contributed by atoms with Gasteiger partial charge < -0.3 is 37.1 Å². The average molecular weight is 450 g/mol. The lowest BCUT2D eigenvalue weighted by atomic mass is 9.97. The Balaban J connectivity index is 2.65. The molecule has 0 spiro atoms. The summed E-state index contributed by atoms with van der Waals surface area (Å²) in [5, 5.41) is 24.8. The molecule has 1 aromatic carbocycles. The summed E-state index contributed by atoms with van der Waals surface area (Å²) < 4.78 is 0. The van der Waals surface area contributed by atoms with Crippen molar-refractivity contribution in [3.63, 3.8) is 0 Å². The molecule has 10 heteroatoms. The first-order valence-corrected chi connectivity index (χ1v) is 10.7. The van der Waals surface area contributed by atoms with Gasteiger partial charge in [0.05, 0.1) is 6.04 Å². The molecule has 4 atom stereocenters. The van der Waals surface area contributed by atoms with Crippen LogP contribution in [0.3, 0.4) is 0 Å². The molecule has 1 aromatic rings. The van der Waals surface area contributed by atoms with Crippen molar-refractivity contribution in [3.05, 3.63) is 29.8 Å². The maximum absolute atomic E-state index is 12.8. The molecule has 2 amide bonds. The number of nitrogens with two attached hydrogens (primary N) is 2. The van der Waals surface area contributed by atoms with Crippen LogP contribution >= 0.6 is 0 Å². The molecule has 0 aliphatic rings. The van der Waals surface area contributed by atoms with Crippen LogP contribution in [0.15, 0.2) is 29.3 Å². The van der Waals surface area contributed by atoms with Crippen LogP contribution < -0.4 is 22.1 Å². The number of hydrogen-bond donors (Lipinski definition) is 6. The van der Waals surface area contributed by atoms with E-state index in [1.165, 1.54) is 12.1 Å². The highest BCUT2D eigenvalue weighted by Gasteiger charge is 2.29. The minimum atomic E-state index is -1.30. The molecule has 0 fully saturated rings. The second kappa shape index (κ2) is 14.0. The Bertz CT molecular complexity index is 764. The number of carbonyl (C=O) groups is 3. The highest BCUT2D eigenvalue weighted by Crippen LogP contribution is 2.13. The molecule has 0 aliphatic carbocycles. The maximum atomic E-state index is 12.8. The third-order valence-electron chi connectivity index (χ3n) is 5.20. The summed E-state index contributed by atoms with van der Waals surface area (Å²) in [7, 11) is 0. The van der Waals surface area contributed by atoms with Gasteiger partial charge in [-0.15, -0.1) is 0 Å². The monoisotopic (exact) mass is 449 g/mol. The van der Waals surface area contributed by atoms with E-state index in [2.05, 4.69) is 15.6 Å². The van der Waals surface area contributed by atoms with E-state index in [0.717, 1.165) is 5.56 Å². The van der Waals surface area contributed by atoms with Crippen LogP contribution in [0.5, 0.6) is 5.75 Å². The Labute approximate surface area is 188 Å². The fourth-order valence-corrected chi connectivity index (χ4v) is 3.01. The fraction of sp³-hybridized carbons (Fsp3) is 0.545. The zero-order valence-electron chi connectivity index (χ0n) is 18.7. The van der Waals surface area contributed by atoms with E-state index in [9.17, 15) is 24.6 Å². The SMILES string of the molecule is CC[C@H](C)[C@H](NC(=O)C(O)CCc1ccc(O)cc1)C(=O)NC(C=O)CCCN=C(N)N. The Morgan fingerprint density at radius 1 is 1.12 bits per heavy atom. The van der Waals surface area contributed by atoms with Crippen LogP contribution in [-0.2, 0) is 20.8 Å². The largest absolute Gasteiger partial charge is 0.508 e. The molecule has 0 heterocycles. The second-order valence-corrected chi connectivity index (χ2v) is 7.79. The van der Waals surface area contributed by atoms with Gasteiger partial charge in [-0.05, 0) is 49.3 Å². The molecule has 0 bridgehead atoms.